The highest BCUT2D eigenvalue weighted by Gasteiger charge is 2.42. The van der Waals surface area contributed by atoms with Gasteiger partial charge in [-0.2, -0.15) is 0 Å². The molecule has 26 heavy (non-hydrogen) atoms. The number of carbonyl (C=O) groups excluding carboxylic acids is 1. The van der Waals surface area contributed by atoms with Gasteiger partial charge in [0.15, 0.2) is 0 Å². The maximum absolute atomic E-state index is 12.9. The van der Waals surface area contributed by atoms with E-state index in [1.165, 1.54) is 0 Å². The van der Waals surface area contributed by atoms with Crippen molar-refractivity contribution in [1.29, 1.82) is 0 Å². The highest BCUT2D eigenvalue weighted by atomic mass is 16.2. The molecule has 5 rings (SSSR count). The zero-order chi connectivity index (χ0) is 17.7. The minimum absolute atomic E-state index is 0.146. The van der Waals surface area contributed by atoms with Gasteiger partial charge in [-0.25, -0.2) is 9.97 Å². The second kappa shape index (κ2) is 5.83. The van der Waals surface area contributed by atoms with Crippen LogP contribution in [0.1, 0.15) is 15.9 Å². The molecule has 0 radical (unpaired) electrons. The largest absolute Gasteiger partial charge is 0.356 e. The molecule has 0 saturated carbocycles. The molecule has 3 aromatic rings. The summed E-state index contributed by atoms with van der Waals surface area (Å²) in [4.78, 5) is 25.8. The van der Waals surface area contributed by atoms with Crippen molar-refractivity contribution in [2.45, 2.75) is 6.92 Å². The summed E-state index contributed by atoms with van der Waals surface area (Å²) >= 11 is 0. The topological polar surface area (TPSA) is 53.7 Å². The van der Waals surface area contributed by atoms with Gasteiger partial charge in [-0.1, -0.05) is 6.07 Å². The van der Waals surface area contributed by atoms with Crippen molar-refractivity contribution in [3.63, 3.8) is 0 Å². The van der Waals surface area contributed by atoms with Crippen molar-refractivity contribution in [2.75, 3.05) is 31.1 Å². The molecule has 132 valence electrons. The van der Waals surface area contributed by atoms with E-state index < -0.39 is 0 Å². The van der Waals surface area contributed by atoms with E-state index >= 15 is 0 Å². The molecule has 0 aromatic carbocycles. The maximum atomic E-state index is 12.9. The van der Waals surface area contributed by atoms with Crippen LogP contribution in [0.3, 0.4) is 0 Å². The van der Waals surface area contributed by atoms with E-state index in [2.05, 4.69) is 21.8 Å². The Kier molecular flexibility index (Phi) is 3.45. The molecule has 6 heteroatoms. The van der Waals surface area contributed by atoms with E-state index in [1.807, 2.05) is 52.2 Å². The van der Waals surface area contributed by atoms with Crippen LogP contribution >= 0.6 is 0 Å². The summed E-state index contributed by atoms with van der Waals surface area (Å²) in [6, 6.07) is 7.98. The highest BCUT2D eigenvalue weighted by Crippen LogP contribution is 2.34. The van der Waals surface area contributed by atoms with E-state index in [4.69, 9.17) is 0 Å². The lowest BCUT2D eigenvalue weighted by Gasteiger charge is -2.23. The van der Waals surface area contributed by atoms with Gasteiger partial charge in [-0.3, -0.25) is 4.79 Å². The number of rotatable bonds is 2. The predicted octanol–water partition coefficient (Wildman–Crippen LogP) is 2.25. The molecule has 5 heterocycles. The summed E-state index contributed by atoms with van der Waals surface area (Å²) < 4.78 is 2.00. The summed E-state index contributed by atoms with van der Waals surface area (Å²) in [6.07, 6.45) is 7.39. The van der Waals surface area contributed by atoms with Crippen LogP contribution in [-0.4, -0.2) is 51.4 Å². The first-order chi connectivity index (χ1) is 12.7. The van der Waals surface area contributed by atoms with Crippen LogP contribution in [0.5, 0.6) is 0 Å². The Bertz CT molecular complexity index is 934. The van der Waals surface area contributed by atoms with Crippen LogP contribution in [-0.2, 0) is 0 Å². The Morgan fingerprint density at radius 2 is 1.96 bits per heavy atom. The molecule has 1 amide bonds. The lowest BCUT2D eigenvalue weighted by atomic mass is 10.0. The zero-order valence-electron chi connectivity index (χ0n) is 14.7. The number of amides is 1. The quantitative estimate of drug-likeness (QED) is 0.713. The fourth-order valence-corrected chi connectivity index (χ4v) is 4.41. The maximum Gasteiger partial charge on any atom is 0.255 e. The second-order valence-electron chi connectivity index (χ2n) is 7.43. The molecule has 2 unspecified atom stereocenters. The van der Waals surface area contributed by atoms with Crippen LogP contribution in [0, 0.1) is 18.8 Å². The van der Waals surface area contributed by atoms with Crippen molar-refractivity contribution in [2.24, 2.45) is 11.8 Å². The summed E-state index contributed by atoms with van der Waals surface area (Å²) in [7, 11) is 0. The molecule has 3 aromatic heterocycles. The SMILES string of the molecule is Cc1cncnc1N1CC2CN(C(=O)c3cc4ccccn4c3)CC2C1. The molecule has 2 aliphatic rings. The van der Waals surface area contributed by atoms with Gasteiger partial charge >= 0.3 is 0 Å². The Hall–Kier alpha value is -2.89. The normalized spacial score (nSPS) is 22.2. The number of anilines is 1. The number of aromatic nitrogens is 3. The second-order valence-corrected chi connectivity index (χ2v) is 7.43. The molecule has 0 aliphatic carbocycles. The van der Waals surface area contributed by atoms with Crippen molar-refractivity contribution < 1.29 is 4.79 Å². The van der Waals surface area contributed by atoms with Gasteiger partial charge in [0, 0.05) is 67.7 Å². The van der Waals surface area contributed by atoms with Crippen LogP contribution in [0.2, 0.25) is 0 Å². The van der Waals surface area contributed by atoms with Crippen LogP contribution in [0.15, 0.2) is 49.2 Å². The van der Waals surface area contributed by atoms with Crippen LogP contribution in [0.4, 0.5) is 5.82 Å². The number of aryl methyl sites for hydroxylation is 1. The number of carbonyl (C=O) groups is 1. The van der Waals surface area contributed by atoms with E-state index in [9.17, 15) is 4.79 Å². The molecule has 2 aliphatic heterocycles. The lowest BCUT2D eigenvalue weighted by Crippen LogP contribution is -2.33. The molecule has 2 saturated heterocycles. The molecule has 0 N–H and O–H groups in total. The summed E-state index contributed by atoms with van der Waals surface area (Å²) in [5, 5.41) is 0. The van der Waals surface area contributed by atoms with Crippen LogP contribution < -0.4 is 4.90 Å². The van der Waals surface area contributed by atoms with Crippen molar-refractivity contribution >= 4 is 17.2 Å². The minimum atomic E-state index is 0.146. The van der Waals surface area contributed by atoms with E-state index in [0.29, 0.717) is 11.8 Å². The summed E-state index contributed by atoms with van der Waals surface area (Å²) in [5.41, 5.74) is 2.95. The summed E-state index contributed by atoms with van der Waals surface area (Å²) in [6.45, 7) is 5.64. The first-order valence-corrected chi connectivity index (χ1v) is 9.06. The van der Waals surface area contributed by atoms with E-state index in [0.717, 1.165) is 48.6 Å². The number of hydrogen-bond acceptors (Lipinski definition) is 4. The number of nitrogens with zero attached hydrogens (tertiary/aromatic N) is 5. The van der Waals surface area contributed by atoms with Crippen molar-refractivity contribution in [3.05, 3.63) is 60.3 Å². The fraction of sp³-hybridized carbons (Fsp3) is 0.350. The van der Waals surface area contributed by atoms with Crippen molar-refractivity contribution in [1.82, 2.24) is 19.3 Å². The molecule has 6 nitrogen and oxygen atoms in total. The van der Waals surface area contributed by atoms with Crippen molar-refractivity contribution in [3.8, 4) is 0 Å². The third-order valence-electron chi connectivity index (χ3n) is 5.69. The molecular weight excluding hydrogens is 326 g/mol. The Morgan fingerprint density at radius 1 is 1.15 bits per heavy atom. The number of fused-ring (bicyclic) bond motifs is 2. The van der Waals surface area contributed by atoms with Gasteiger partial charge in [-0.05, 0) is 25.1 Å². The first-order valence-electron chi connectivity index (χ1n) is 9.06. The van der Waals surface area contributed by atoms with Gasteiger partial charge in [0.1, 0.15) is 12.1 Å². The van der Waals surface area contributed by atoms with E-state index in [-0.39, 0.29) is 5.91 Å². The smallest absolute Gasteiger partial charge is 0.255 e. The van der Waals surface area contributed by atoms with Crippen LogP contribution in [0.25, 0.3) is 5.52 Å². The average Bonchev–Trinajstić information content (AvgIpc) is 3.33. The molecule has 2 fully saturated rings. The van der Waals surface area contributed by atoms with Gasteiger partial charge in [0.2, 0.25) is 0 Å². The van der Waals surface area contributed by atoms with Gasteiger partial charge < -0.3 is 14.2 Å². The number of pyridine rings is 1. The molecule has 0 bridgehead atoms. The Morgan fingerprint density at radius 3 is 2.69 bits per heavy atom. The molecule has 0 spiro atoms. The Labute approximate surface area is 152 Å². The summed E-state index contributed by atoms with van der Waals surface area (Å²) in [5.74, 6) is 2.22. The third-order valence-corrected chi connectivity index (χ3v) is 5.69. The Balaban J connectivity index is 1.30. The fourth-order valence-electron chi connectivity index (χ4n) is 4.41. The lowest BCUT2D eigenvalue weighted by molar-refractivity contribution is 0.0782. The van der Waals surface area contributed by atoms with Gasteiger partial charge in [0.25, 0.3) is 5.91 Å². The molecular formula is C20H21N5O. The monoisotopic (exact) mass is 347 g/mol. The zero-order valence-corrected chi connectivity index (χ0v) is 14.7. The van der Waals surface area contributed by atoms with Gasteiger partial charge in [-0.15, -0.1) is 0 Å². The first kappa shape index (κ1) is 15.4. The number of likely N-dealkylation sites (tertiary alicyclic amines) is 1. The highest BCUT2D eigenvalue weighted by molar-refractivity contribution is 5.95. The number of hydrogen-bond donors (Lipinski definition) is 0. The minimum Gasteiger partial charge on any atom is -0.356 e. The molecule has 2 atom stereocenters. The third kappa shape index (κ3) is 2.44. The van der Waals surface area contributed by atoms with Gasteiger partial charge in [0.05, 0.1) is 5.56 Å². The average molecular weight is 347 g/mol. The van der Waals surface area contributed by atoms with E-state index in [1.54, 1.807) is 6.33 Å². The standard InChI is InChI=1S/C20H21N5O/c1-14-7-21-13-22-19(14)24-9-16-11-25(12-17(16)10-24)20(26)15-6-18-4-2-3-5-23(18)8-15/h2-8,13,16-17H,9-12H2,1H3. The predicted molar refractivity (Wildman–Crippen MR) is 99.3 cm³/mol.